The molecule has 0 aliphatic carbocycles. The zero-order chi connectivity index (χ0) is 18.2. The van der Waals surface area contributed by atoms with Crippen LogP contribution in [0.5, 0.6) is 5.75 Å². The molecule has 0 bridgehead atoms. The van der Waals surface area contributed by atoms with E-state index in [4.69, 9.17) is 4.18 Å². The first-order valence-corrected chi connectivity index (χ1v) is 8.56. The van der Waals surface area contributed by atoms with Crippen LogP contribution in [-0.2, 0) is 16.3 Å². The van der Waals surface area contributed by atoms with Crippen LogP contribution in [0.25, 0.3) is 10.9 Å². The van der Waals surface area contributed by atoms with E-state index in [2.05, 4.69) is 4.98 Å². The molecule has 1 aromatic heterocycles. The maximum Gasteiger partial charge on any atom is 0.417 e. The highest BCUT2D eigenvalue weighted by Crippen LogP contribution is 2.35. The summed E-state index contributed by atoms with van der Waals surface area (Å²) in [5, 5.41) is 0.613. The van der Waals surface area contributed by atoms with Gasteiger partial charge in [-0.05, 0) is 31.2 Å². The molecule has 0 N–H and O–H groups in total. The molecule has 0 amide bonds. The van der Waals surface area contributed by atoms with Crippen LogP contribution < -0.4 is 4.18 Å². The Bertz CT molecular complexity index is 1050. The molecule has 3 rings (SSSR count). The Kier molecular flexibility index (Phi) is 4.16. The van der Waals surface area contributed by atoms with Crippen LogP contribution in [0.3, 0.4) is 0 Å². The number of nitrogens with zero attached hydrogens (tertiary/aromatic N) is 1. The average molecular weight is 367 g/mol. The number of benzene rings is 2. The first-order valence-electron chi connectivity index (χ1n) is 7.15. The summed E-state index contributed by atoms with van der Waals surface area (Å²) in [6.45, 7) is 1.71. The zero-order valence-electron chi connectivity index (χ0n) is 12.9. The fourth-order valence-electron chi connectivity index (χ4n) is 2.37. The molecule has 0 saturated carbocycles. The Morgan fingerprint density at radius 1 is 0.960 bits per heavy atom. The molecule has 0 fully saturated rings. The van der Waals surface area contributed by atoms with Gasteiger partial charge in [0.05, 0.1) is 5.56 Å². The third-order valence-electron chi connectivity index (χ3n) is 3.48. The molecule has 0 atom stereocenters. The molecule has 0 unspecified atom stereocenters. The number of aryl methyl sites for hydroxylation is 1. The summed E-state index contributed by atoms with van der Waals surface area (Å²) in [7, 11) is -4.69. The van der Waals surface area contributed by atoms with E-state index < -0.39 is 26.8 Å². The lowest BCUT2D eigenvalue weighted by Gasteiger charge is -2.14. The summed E-state index contributed by atoms with van der Waals surface area (Å²) in [5.41, 5.74) is -0.397. The van der Waals surface area contributed by atoms with Crippen LogP contribution in [-0.4, -0.2) is 13.4 Å². The van der Waals surface area contributed by atoms with E-state index in [1.54, 1.807) is 31.2 Å². The molecule has 130 valence electrons. The third kappa shape index (κ3) is 3.43. The molecule has 0 spiro atoms. The minimum atomic E-state index is -4.82. The number of hydrogen-bond acceptors (Lipinski definition) is 4. The lowest BCUT2D eigenvalue weighted by Crippen LogP contribution is -2.17. The van der Waals surface area contributed by atoms with Crippen LogP contribution in [0, 0.1) is 6.92 Å². The van der Waals surface area contributed by atoms with Crippen molar-refractivity contribution in [3.05, 3.63) is 65.9 Å². The Morgan fingerprint density at radius 2 is 1.68 bits per heavy atom. The minimum absolute atomic E-state index is 0.127. The van der Waals surface area contributed by atoms with Crippen molar-refractivity contribution in [2.45, 2.75) is 18.0 Å². The predicted octanol–water partition coefficient (Wildman–Crippen LogP) is 4.33. The number of fused-ring (bicyclic) bond motifs is 1. The number of pyridine rings is 1. The molecule has 0 saturated heterocycles. The van der Waals surface area contributed by atoms with Gasteiger partial charge in [-0.3, -0.25) is 0 Å². The number of aromatic nitrogens is 1. The molecule has 1 heterocycles. The van der Waals surface area contributed by atoms with Gasteiger partial charge in [-0.1, -0.05) is 30.3 Å². The molecular formula is C17H12F3NO3S. The van der Waals surface area contributed by atoms with Crippen molar-refractivity contribution in [2.75, 3.05) is 0 Å². The van der Waals surface area contributed by atoms with Gasteiger partial charge in [0.1, 0.15) is 10.4 Å². The topological polar surface area (TPSA) is 56.3 Å². The summed E-state index contributed by atoms with van der Waals surface area (Å²) in [5.74, 6) is -0.127. The van der Waals surface area contributed by atoms with E-state index in [9.17, 15) is 21.6 Å². The summed E-state index contributed by atoms with van der Waals surface area (Å²) in [6, 6.07) is 11.9. The smallest absolute Gasteiger partial charge is 0.377 e. The average Bonchev–Trinajstić information content (AvgIpc) is 2.54. The summed E-state index contributed by atoms with van der Waals surface area (Å²) in [6.07, 6.45) is -4.82. The highest BCUT2D eigenvalue weighted by atomic mass is 32.2. The monoisotopic (exact) mass is 367 g/mol. The standard InChI is InChI=1S/C17H12F3NO3S/c1-11-9-10-12-5-4-7-14(16(12)21-11)24-25(22,23)15-8-3-2-6-13(15)17(18,19)20/h2-10H,1H3. The van der Waals surface area contributed by atoms with E-state index in [1.165, 1.54) is 12.1 Å². The van der Waals surface area contributed by atoms with E-state index in [-0.39, 0.29) is 11.3 Å². The van der Waals surface area contributed by atoms with Crippen molar-refractivity contribution in [3.63, 3.8) is 0 Å². The van der Waals surface area contributed by atoms with Crippen molar-refractivity contribution in [3.8, 4) is 5.75 Å². The zero-order valence-corrected chi connectivity index (χ0v) is 13.7. The van der Waals surface area contributed by atoms with Crippen molar-refractivity contribution in [2.24, 2.45) is 0 Å². The van der Waals surface area contributed by atoms with E-state index >= 15 is 0 Å². The summed E-state index contributed by atoms with van der Waals surface area (Å²) >= 11 is 0. The van der Waals surface area contributed by atoms with Gasteiger partial charge in [0.25, 0.3) is 0 Å². The highest BCUT2D eigenvalue weighted by molar-refractivity contribution is 7.87. The Hall–Kier alpha value is -2.61. The van der Waals surface area contributed by atoms with Gasteiger partial charge in [0.15, 0.2) is 5.75 Å². The molecule has 3 aromatic rings. The van der Waals surface area contributed by atoms with E-state index in [0.29, 0.717) is 17.1 Å². The molecule has 2 aromatic carbocycles. The van der Waals surface area contributed by atoms with E-state index in [1.807, 2.05) is 0 Å². The van der Waals surface area contributed by atoms with Crippen LogP contribution in [0.15, 0.2) is 59.5 Å². The molecule has 0 aliphatic heterocycles. The lowest BCUT2D eigenvalue weighted by atomic mass is 10.2. The number of hydrogen-bond donors (Lipinski definition) is 0. The highest BCUT2D eigenvalue weighted by Gasteiger charge is 2.37. The van der Waals surface area contributed by atoms with E-state index in [0.717, 1.165) is 12.1 Å². The van der Waals surface area contributed by atoms with Gasteiger partial charge < -0.3 is 4.18 Å². The molecule has 8 heteroatoms. The molecule has 0 aliphatic rings. The van der Waals surface area contributed by atoms with Gasteiger partial charge in [0.2, 0.25) is 0 Å². The van der Waals surface area contributed by atoms with Crippen molar-refractivity contribution in [1.82, 2.24) is 4.98 Å². The van der Waals surface area contributed by atoms with Crippen LogP contribution in [0.1, 0.15) is 11.3 Å². The van der Waals surface area contributed by atoms with Crippen molar-refractivity contribution >= 4 is 21.0 Å². The molecular weight excluding hydrogens is 355 g/mol. The molecule has 0 radical (unpaired) electrons. The van der Waals surface area contributed by atoms with Gasteiger partial charge in [-0.2, -0.15) is 21.6 Å². The second kappa shape index (κ2) is 6.03. The summed E-state index contributed by atoms with van der Waals surface area (Å²) < 4.78 is 69.2. The number of para-hydroxylation sites is 1. The Balaban J connectivity index is 2.12. The first-order chi connectivity index (χ1) is 11.7. The van der Waals surface area contributed by atoms with Crippen molar-refractivity contribution in [1.29, 1.82) is 0 Å². The second-order valence-electron chi connectivity index (χ2n) is 5.31. The third-order valence-corrected chi connectivity index (χ3v) is 4.78. The first kappa shape index (κ1) is 17.2. The second-order valence-corrected chi connectivity index (χ2v) is 6.83. The fraction of sp³-hybridized carbons (Fsp3) is 0.118. The van der Waals surface area contributed by atoms with Gasteiger partial charge in [-0.25, -0.2) is 4.98 Å². The largest absolute Gasteiger partial charge is 0.417 e. The number of halogens is 3. The van der Waals surface area contributed by atoms with Gasteiger partial charge in [-0.15, -0.1) is 0 Å². The Morgan fingerprint density at radius 3 is 2.40 bits per heavy atom. The summed E-state index contributed by atoms with van der Waals surface area (Å²) in [4.78, 5) is 3.28. The SMILES string of the molecule is Cc1ccc2cccc(OS(=O)(=O)c3ccccc3C(F)(F)F)c2n1. The van der Waals surface area contributed by atoms with Gasteiger partial charge in [0, 0.05) is 11.1 Å². The normalized spacial score (nSPS) is 12.3. The fourth-order valence-corrected chi connectivity index (χ4v) is 3.53. The van der Waals surface area contributed by atoms with Crippen LogP contribution >= 0.6 is 0 Å². The van der Waals surface area contributed by atoms with Crippen LogP contribution in [0.2, 0.25) is 0 Å². The van der Waals surface area contributed by atoms with Crippen molar-refractivity contribution < 1.29 is 25.8 Å². The minimum Gasteiger partial charge on any atom is -0.377 e. The Labute approximate surface area is 142 Å². The molecule has 25 heavy (non-hydrogen) atoms. The van der Waals surface area contributed by atoms with Gasteiger partial charge >= 0.3 is 16.3 Å². The number of rotatable bonds is 3. The maximum absolute atomic E-state index is 13.1. The quantitative estimate of drug-likeness (QED) is 0.647. The number of alkyl halides is 3. The molecule has 4 nitrogen and oxygen atoms in total. The van der Waals surface area contributed by atoms with Crippen LogP contribution in [0.4, 0.5) is 13.2 Å². The maximum atomic E-state index is 13.1. The predicted molar refractivity (Wildman–Crippen MR) is 85.7 cm³/mol. The lowest BCUT2D eigenvalue weighted by molar-refractivity contribution is -0.139.